The Hall–Kier alpha value is -1.01. The quantitative estimate of drug-likeness (QED) is 0.527. The van der Waals surface area contributed by atoms with Crippen molar-refractivity contribution in [3.05, 3.63) is 35.4 Å². The van der Waals surface area contributed by atoms with Crippen molar-refractivity contribution in [2.45, 2.75) is 42.9 Å². The molecule has 0 spiro atoms. The molecule has 1 rings (SSSR count). The van der Waals surface area contributed by atoms with Crippen LogP contribution in [0.3, 0.4) is 0 Å². The molecule has 0 N–H and O–H groups in total. The molecule has 27 heavy (non-hydrogen) atoms. The molecule has 0 aliphatic carbocycles. The first-order valence-corrected chi connectivity index (χ1v) is 11.4. The van der Waals surface area contributed by atoms with E-state index in [2.05, 4.69) is 3.63 Å². The average molecular weight is 444 g/mol. The van der Waals surface area contributed by atoms with E-state index in [9.17, 15) is 39.2 Å². The van der Waals surface area contributed by atoms with Crippen LogP contribution in [-0.2, 0) is 19.5 Å². The molecule has 0 aromatic heterocycles. The van der Waals surface area contributed by atoms with Gasteiger partial charge in [-0.25, -0.2) is 3.63 Å². The lowest BCUT2D eigenvalue weighted by Crippen LogP contribution is -2.56. The third-order valence-electron chi connectivity index (χ3n) is 3.47. The van der Waals surface area contributed by atoms with Gasteiger partial charge in [0.15, 0.2) is 0 Å². The molecule has 0 unspecified atom stereocenters. The van der Waals surface area contributed by atoms with Crippen LogP contribution in [0.2, 0.25) is 0 Å². The summed E-state index contributed by atoms with van der Waals surface area (Å²) in [5.41, 5.74) is 1.40. The summed E-state index contributed by atoms with van der Waals surface area (Å²) in [5, 5.41) is -6.47. The first-order valence-electron chi connectivity index (χ1n) is 7.42. The predicted molar refractivity (Wildman–Crippen MR) is 89.6 cm³/mol. The lowest BCUT2D eigenvalue weighted by atomic mass is 10.0. The van der Waals surface area contributed by atoms with Crippen LogP contribution in [0.5, 0.6) is 0 Å². The molecule has 0 fully saturated rings. The zero-order valence-corrected chi connectivity index (χ0v) is 16.4. The molecular formula is C15H19F7O3S2. The Bertz CT molecular complexity index is 755. The Morgan fingerprint density at radius 2 is 1.37 bits per heavy atom. The van der Waals surface area contributed by atoms with Gasteiger partial charge in [0.2, 0.25) is 0 Å². The molecule has 0 saturated heterocycles. The minimum Gasteiger partial charge on any atom is -0.215 e. The van der Waals surface area contributed by atoms with Gasteiger partial charge in [-0.15, -0.1) is 10.3 Å². The Morgan fingerprint density at radius 1 is 0.926 bits per heavy atom. The summed E-state index contributed by atoms with van der Waals surface area (Å²) in [6.07, 6.45) is -4.62. The zero-order valence-electron chi connectivity index (χ0n) is 14.8. The van der Waals surface area contributed by atoms with E-state index < -0.39 is 37.8 Å². The molecule has 0 radical (unpaired) electrons. The highest BCUT2D eigenvalue weighted by Gasteiger charge is 2.79. The summed E-state index contributed by atoms with van der Waals surface area (Å²) in [7, 11) is -9.55. The molecule has 0 heterocycles. The minimum atomic E-state index is -6.80. The Morgan fingerprint density at radius 3 is 1.74 bits per heavy atom. The van der Waals surface area contributed by atoms with Crippen LogP contribution >= 0.6 is 10.3 Å². The van der Waals surface area contributed by atoms with E-state index in [0.717, 1.165) is 18.1 Å². The van der Waals surface area contributed by atoms with Gasteiger partial charge in [-0.2, -0.15) is 39.2 Å². The highest BCUT2D eigenvalue weighted by Crippen LogP contribution is 2.54. The van der Waals surface area contributed by atoms with Gasteiger partial charge in [0, 0.05) is 5.75 Å². The van der Waals surface area contributed by atoms with Crippen molar-refractivity contribution >= 4 is 20.4 Å². The summed E-state index contributed by atoms with van der Waals surface area (Å²) >= 11 is 0. The highest BCUT2D eigenvalue weighted by atomic mass is 32.3. The van der Waals surface area contributed by atoms with Gasteiger partial charge in [0.25, 0.3) is 0 Å². The number of halogens is 7. The second-order valence-corrected chi connectivity index (χ2v) is 11.7. The van der Waals surface area contributed by atoms with E-state index in [4.69, 9.17) is 0 Å². The number of alkyl halides is 7. The lowest BCUT2D eigenvalue weighted by Gasteiger charge is -2.34. The maximum atomic E-state index is 13.5. The smallest absolute Gasteiger partial charge is 0.215 e. The minimum absolute atomic E-state index is 0.194. The fourth-order valence-corrected chi connectivity index (χ4v) is 5.93. The van der Waals surface area contributed by atoms with Crippen molar-refractivity contribution in [2.24, 2.45) is 0 Å². The van der Waals surface area contributed by atoms with E-state index in [1.165, 1.54) is 0 Å². The first-order chi connectivity index (χ1) is 11.8. The zero-order chi connectivity index (χ0) is 21.5. The van der Waals surface area contributed by atoms with Crippen molar-refractivity contribution in [3.63, 3.8) is 0 Å². The van der Waals surface area contributed by atoms with Crippen molar-refractivity contribution < 1.29 is 42.8 Å². The number of benzene rings is 1. The van der Waals surface area contributed by atoms with Gasteiger partial charge in [0.1, 0.15) is 0 Å². The highest BCUT2D eigenvalue weighted by molar-refractivity contribution is 8.31. The van der Waals surface area contributed by atoms with Crippen LogP contribution in [0, 0.1) is 0 Å². The summed E-state index contributed by atoms with van der Waals surface area (Å²) in [5.74, 6) is -6.84. The fraction of sp³-hybridized carbons (Fsp3) is 0.600. The molecule has 0 amide bonds. The van der Waals surface area contributed by atoms with Gasteiger partial charge in [0.05, 0.1) is 0 Å². The van der Waals surface area contributed by atoms with Gasteiger partial charge >= 0.3 is 27.5 Å². The number of rotatable bonds is 7. The van der Waals surface area contributed by atoms with Crippen molar-refractivity contribution in [2.75, 3.05) is 12.5 Å². The molecule has 1 aromatic rings. The average Bonchev–Trinajstić information content (AvgIpc) is 2.44. The Kier molecular flexibility index (Phi) is 6.61. The van der Waals surface area contributed by atoms with E-state index >= 15 is 0 Å². The lowest BCUT2D eigenvalue weighted by molar-refractivity contribution is -0.333. The fourth-order valence-electron chi connectivity index (χ4n) is 2.03. The molecule has 0 atom stereocenters. The van der Waals surface area contributed by atoms with Crippen LogP contribution in [0.4, 0.5) is 30.7 Å². The van der Waals surface area contributed by atoms with E-state index in [-0.39, 0.29) is 11.7 Å². The molecule has 1 aromatic carbocycles. The SMILES string of the molecule is CC(C)c1ccc(CS(C)(C)OS(=O)(=O)C(F)(F)C(F)(F)C(F)(F)F)cc1. The maximum Gasteiger partial charge on any atom is 0.461 e. The third kappa shape index (κ3) is 5.08. The largest absolute Gasteiger partial charge is 0.461 e. The van der Waals surface area contributed by atoms with Crippen molar-refractivity contribution in [3.8, 4) is 0 Å². The molecular weight excluding hydrogens is 425 g/mol. The summed E-state index contributed by atoms with van der Waals surface area (Å²) in [6, 6.07) is 6.55. The van der Waals surface area contributed by atoms with Crippen LogP contribution in [0.25, 0.3) is 0 Å². The summed E-state index contributed by atoms with van der Waals surface area (Å²) in [6.45, 7) is 3.84. The van der Waals surface area contributed by atoms with Crippen LogP contribution in [0.1, 0.15) is 30.9 Å². The van der Waals surface area contributed by atoms with Crippen LogP contribution in [0.15, 0.2) is 24.3 Å². The van der Waals surface area contributed by atoms with Gasteiger partial charge in [-0.3, -0.25) is 0 Å². The predicted octanol–water partition coefficient (Wildman–Crippen LogP) is 5.43. The molecule has 158 valence electrons. The standard InChI is InChI=1S/C15H19F7O3S2/c1-10(2)12-7-5-11(6-8-12)9-26(3,4)25-27(23,24)15(21,22)13(16,17)14(18,19)20/h5-8,10H,9H2,1-4H3. The molecule has 3 nitrogen and oxygen atoms in total. The number of hydrogen-bond acceptors (Lipinski definition) is 3. The van der Waals surface area contributed by atoms with E-state index in [1.54, 1.807) is 24.3 Å². The van der Waals surface area contributed by atoms with Crippen LogP contribution < -0.4 is 0 Å². The van der Waals surface area contributed by atoms with Crippen LogP contribution in [-0.4, -0.2) is 38.3 Å². The molecule has 0 bridgehead atoms. The number of hydrogen-bond donors (Lipinski definition) is 0. The molecule has 12 heteroatoms. The Balaban J connectivity index is 3.09. The van der Waals surface area contributed by atoms with Crippen molar-refractivity contribution in [1.82, 2.24) is 0 Å². The summed E-state index contributed by atoms with van der Waals surface area (Å²) in [4.78, 5) is 0. The second-order valence-electron chi connectivity index (χ2n) is 6.59. The topological polar surface area (TPSA) is 43.4 Å². The van der Waals surface area contributed by atoms with E-state index in [0.29, 0.717) is 5.56 Å². The molecule has 0 saturated carbocycles. The normalized spacial score (nSPS) is 15.3. The van der Waals surface area contributed by atoms with Gasteiger partial charge in [-0.05, 0) is 29.6 Å². The van der Waals surface area contributed by atoms with E-state index in [1.807, 2.05) is 13.8 Å². The van der Waals surface area contributed by atoms with Crippen molar-refractivity contribution in [1.29, 1.82) is 0 Å². The molecule has 0 aliphatic rings. The maximum absolute atomic E-state index is 13.5. The third-order valence-corrected chi connectivity index (χ3v) is 7.57. The first kappa shape index (κ1) is 24.0. The Labute approximate surface area is 154 Å². The second kappa shape index (κ2) is 7.43. The monoisotopic (exact) mass is 444 g/mol. The van der Waals surface area contributed by atoms with Gasteiger partial charge in [-0.1, -0.05) is 38.1 Å². The van der Waals surface area contributed by atoms with Gasteiger partial charge < -0.3 is 0 Å². The summed E-state index contributed by atoms with van der Waals surface area (Å²) < 4.78 is 117. The molecule has 0 aliphatic heterocycles.